The first-order valence-electron chi connectivity index (χ1n) is 19.2. The smallest absolute Gasteiger partial charge is 0.410 e. The van der Waals surface area contributed by atoms with Crippen molar-refractivity contribution in [2.45, 2.75) is 116 Å². The van der Waals surface area contributed by atoms with Crippen LogP contribution < -0.4 is 4.74 Å². The van der Waals surface area contributed by atoms with Gasteiger partial charge in [0.15, 0.2) is 5.79 Å². The predicted octanol–water partition coefficient (Wildman–Crippen LogP) is 7.76. The molecule has 0 aromatic heterocycles. The molecule has 47 heavy (non-hydrogen) atoms. The van der Waals surface area contributed by atoms with Gasteiger partial charge in [-0.05, 0) is 122 Å². The third-order valence-corrected chi connectivity index (χ3v) is 15.3. The third-order valence-electron chi connectivity index (χ3n) is 15.3. The zero-order valence-electron chi connectivity index (χ0n) is 29.8. The molecule has 0 bridgehead atoms. The van der Waals surface area contributed by atoms with E-state index in [1.807, 2.05) is 17.0 Å². The number of methoxy groups -OCH3 is 1. The lowest BCUT2D eigenvalue weighted by Crippen LogP contribution is -2.55. The first kappa shape index (κ1) is 32.4. The molecule has 4 aliphatic carbocycles. The molecule has 0 N–H and O–H groups in total. The Morgan fingerprint density at radius 1 is 0.894 bits per heavy atom. The van der Waals surface area contributed by atoms with Crippen molar-refractivity contribution in [3.63, 3.8) is 0 Å². The van der Waals surface area contributed by atoms with E-state index in [9.17, 15) is 4.79 Å². The van der Waals surface area contributed by atoms with E-state index in [1.165, 1.54) is 50.5 Å². The number of carbonyl (C=O) groups excluding carboxylic acids is 1. The van der Waals surface area contributed by atoms with Crippen LogP contribution in [0.4, 0.5) is 4.79 Å². The molecule has 7 heteroatoms. The average Bonchev–Trinajstić information content (AvgIpc) is 3.52. The van der Waals surface area contributed by atoms with Gasteiger partial charge in [-0.1, -0.05) is 39.8 Å². The molecule has 3 aliphatic heterocycles. The number of ether oxygens (including phenoxy) is 4. The molecular formula is C40H60N2O5. The Kier molecular flexibility index (Phi) is 8.40. The van der Waals surface area contributed by atoms with Gasteiger partial charge in [0.05, 0.1) is 19.8 Å². The van der Waals surface area contributed by atoms with Crippen LogP contribution in [0.25, 0.3) is 0 Å². The van der Waals surface area contributed by atoms with E-state index < -0.39 is 0 Å². The Balaban J connectivity index is 0.851. The van der Waals surface area contributed by atoms with Crippen LogP contribution in [0.1, 0.15) is 97.5 Å². The Labute approximate surface area is 283 Å². The summed E-state index contributed by atoms with van der Waals surface area (Å²) < 4.78 is 25.1. The van der Waals surface area contributed by atoms with Crippen molar-refractivity contribution in [1.82, 2.24) is 9.80 Å². The molecule has 3 heterocycles. The quantitative estimate of drug-likeness (QED) is 0.333. The minimum atomic E-state index is -0.322. The molecule has 0 radical (unpaired) electrons. The van der Waals surface area contributed by atoms with Crippen molar-refractivity contribution in [2.75, 3.05) is 39.9 Å². The van der Waals surface area contributed by atoms with E-state index in [4.69, 9.17) is 18.9 Å². The standard InChI is InChI=1S/C40H60N2O5/c1-26-12-17-40(45-25-26)27(2)36-35(47-40)23-34-32-11-8-29-22-31(13-15-38(29,3)33(32)14-16-39(34,36)4)46-37(43)42-20-18-41(19-21-42)24-28-6-9-30(44-5)10-7-28/h6-7,9-10,26-27,29,31-36H,8,11-25H2,1-5H3/t26-,27-,29+,31-,32+,33-,34-,35-,36-,38-,39-,40+/m0/s1. The van der Waals surface area contributed by atoms with Crippen LogP contribution in [0.15, 0.2) is 24.3 Å². The van der Waals surface area contributed by atoms with Gasteiger partial charge in [0.25, 0.3) is 0 Å². The van der Waals surface area contributed by atoms with Crippen molar-refractivity contribution in [2.24, 2.45) is 52.3 Å². The van der Waals surface area contributed by atoms with Crippen LogP contribution in [0.2, 0.25) is 0 Å². The van der Waals surface area contributed by atoms with Gasteiger partial charge in [-0.3, -0.25) is 4.90 Å². The fraction of sp³-hybridized carbons (Fsp3) is 0.825. The zero-order chi connectivity index (χ0) is 32.6. The van der Waals surface area contributed by atoms with Crippen molar-refractivity contribution >= 4 is 6.09 Å². The highest BCUT2D eigenvalue weighted by molar-refractivity contribution is 5.68. The van der Waals surface area contributed by atoms with Crippen LogP contribution in [0, 0.1) is 52.3 Å². The number of benzene rings is 1. The number of piperazine rings is 1. The Morgan fingerprint density at radius 3 is 2.38 bits per heavy atom. The highest BCUT2D eigenvalue weighted by atomic mass is 16.7. The number of hydrogen-bond acceptors (Lipinski definition) is 6. The largest absolute Gasteiger partial charge is 0.497 e. The summed E-state index contributed by atoms with van der Waals surface area (Å²) in [6.07, 6.45) is 12.5. The molecule has 8 rings (SSSR count). The van der Waals surface area contributed by atoms with Gasteiger partial charge in [0.2, 0.25) is 0 Å². The normalized spacial score (nSPS) is 46.3. The molecular weight excluding hydrogens is 588 g/mol. The molecule has 260 valence electrons. The zero-order valence-corrected chi connectivity index (χ0v) is 29.8. The molecule has 3 saturated heterocycles. The summed E-state index contributed by atoms with van der Waals surface area (Å²) in [6.45, 7) is 15.0. The number of amides is 1. The lowest BCUT2D eigenvalue weighted by Gasteiger charge is -2.61. The predicted molar refractivity (Wildman–Crippen MR) is 182 cm³/mol. The third kappa shape index (κ3) is 5.44. The maximum Gasteiger partial charge on any atom is 0.410 e. The summed E-state index contributed by atoms with van der Waals surface area (Å²) in [4.78, 5) is 17.7. The highest BCUT2D eigenvalue weighted by Gasteiger charge is 2.69. The van der Waals surface area contributed by atoms with Crippen LogP contribution in [0.3, 0.4) is 0 Å². The van der Waals surface area contributed by atoms with Gasteiger partial charge in [-0.2, -0.15) is 0 Å². The molecule has 4 saturated carbocycles. The maximum atomic E-state index is 13.3. The van der Waals surface area contributed by atoms with Crippen molar-refractivity contribution in [1.29, 1.82) is 0 Å². The highest BCUT2D eigenvalue weighted by Crippen LogP contribution is 2.71. The topological polar surface area (TPSA) is 60.5 Å². The molecule has 1 amide bonds. The molecule has 7 fully saturated rings. The van der Waals surface area contributed by atoms with Crippen LogP contribution >= 0.6 is 0 Å². The number of rotatable bonds is 4. The second-order valence-corrected chi connectivity index (χ2v) is 17.6. The van der Waals surface area contributed by atoms with E-state index >= 15 is 0 Å². The molecule has 7 aliphatic rings. The SMILES string of the molecule is COc1ccc(CN2CCN(C(=O)O[C@H]3CC[C@@]4(C)[C@H](CC[C@@H]5[C@@H]4CC[C@]4(C)[C@@H]6[C@H](C[C@@H]54)O[C@]4(CC[C@H](C)CO4)[C@H]6C)C3)CC2)cc1. The van der Waals surface area contributed by atoms with Gasteiger partial charge in [0.1, 0.15) is 11.9 Å². The number of nitrogens with zero attached hydrogens (tertiary/aromatic N) is 2. The van der Waals surface area contributed by atoms with E-state index in [2.05, 4.69) is 44.7 Å². The number of hydrogen-bond donors (Lipinski definition) is 0. The average molecular weight is 649 g/mol. The second kappa shape index (κ2) is 12.2. The Bertz CT molecular complexity index is 1290. The Hall–Kier alpha value is -1.83. The monoisotopic (exact) mass is 648 g/mol. The van der Waals surface area contributed by atoms with Gasteiger partial charge in [-0.15, -0.1) is 0 Å². The first-order valence-corrected chi connectivity index (χ1v) is 19.2. The lowest BCUT2D eigenvalue weighted by atomic mass is 9.44. The summed E-state index contributed by atoms with van der Waals surface area (Å²) in [5.41, 5.74) is 2.02. The lowest BCUT2D eigenvalue weighted by molar-refractivity contribution is -0.273. The molecule has 1 spiro atoms. The summed E-state index contributed by atoms with van der Waals surface area (Å²) >= 11 is 0. The molecule has 12 atom stereocenters. The molecule has 0 unspecified atom stereocenters. The van der Waals surface area contributed by atoms with Crippen LogP contribution in [0.5, 0.6) is 5.75 Å². The minimum absolute atomic E-state index is 0.0674. The second-order valence-electron chi connectivity index (χ2n) is 17.6. The van der Waals surface area contributed by atoms with Gasteiger partial charge >= 0.3 is 6.09 Å². The van der Waals surface area contributed by atoms with Crippen LogP contribution in [-0.4, -0.2) is 73.8 Å². The molecule has 1 aromatic carbocycles. The molecule has 7 nitrogen and oxygen atoms in total. The van der Waals surface area contributed by atoms with Crippen LogP contribution in [-0.2, 0) is 20.8 Å². The summed E-state index contributed by atoms with van der Waals surface area (Å²) in [5, 5.41) is 0. The van der Waals surface area contributed by atoms with Gasteiger partial charge in [0, 0.05) is 45.1 Å². The van der Waals surface area contributed by atoms with E-state index in [0.29, 0.717) is 40.6 Å². The van der Waals surface area contributed by atoms with Crippen molar-refractivity contribution < 1.29 is 23.7 Å². The van der Waals surface area contributed by atoms with Crippen molar-refractivity contribution in [3.8, 4) is 5.75 Å². The number of fused-ring (bicyclic) bond motifs is 7. The van der Waals surface area contributed by atoms with Gasteiger partial charge < -0.3 is 23.8 Å². The summed E-state index contributed by atoms with van der Waals surface area (Å²) in [7, 11) is 1.70. The van der Waals surface area contributed by atoms with Crippen molar-refractivity contribution in [3.05, 3.63) is 29.8 Å². The van der Waals surface area contributed by atoms with E-state index in [-0.39, 0.29) is 18.0 Å². The first-order chi connectivity index (χ1) is 22.6. The molecule has 1 aromatic rings. The fourth-order valence-electron chi connectivity index (χ4n) is 12.6. The van der Waals surface area contributed by atoms with Gasteiger partial charge in [-0.25, -0.2) is 4.79 Å². The minimum Gasteiger partial charge on any atom is -0.497 e. The number of carbonyl (C=O) groups is 1. The summed E-state index contributed by atoms with van der Waals surface area (Å²) in [5.74, 6) is 5.38. The summed E-state index contributed by atoms with van der Waals surface area (Å²) in [6, 6.07) is 8.30. The maximum absolute atomic E-state index is 13.3. The fourth-order valence-corrected chi connectivity index (χ4v) is 12.6. The Morgan fingerprint density at radius 2 is 1.66 bits per heavy atom. The van der Waals surface area contributed by atoms with E-state index in [1.54, 1.807) is 7.11 Å². The van der Waals surface area contributed by atoms with E-state index in [0.717, 1.165) is 82.1 Å².